The highest BCUT2D eigenvalue weighted by Crippen LogP contribution is 2.03. The molecule has 0 atom stereocenters. The Labute approximate surface area is 124 Å². The summed E-state index contributed by atoms with van der Waals surface area (Å²) in [5.74, 6) is 0.146. The first-order valence-corrected chi connectivity index (χ1v) is 6.96. The molecule has 0 aliphatic carbocycles. The first-order valence-electron chi connectivity index (χ1n) is 6.96. The summed E-state index contributed by atoms with van der Waals surface area (Å²) in [6, 6.07) is 11.8. The summed E-state index contributed by atoms with van der Waals surface area (Å²) < 4.78 is 0. The molecule has 0 saturated heterocycles. The van der Waals surface area contributed by atoms with Gasteiger partial charge in [-0.25, -0.2) is 0 Å². The molecule has 112 valence electrons. The Bertz CT molecular complexity index is 566. The number of nitrogens with one attached hydrogen (secondary N) is 2. The van der Waals surface area contributed by atoms with Gasteiger partial charge in [-0.2, -0.15) is 5.10 Å². The van der Waals surface area contributed by atoms with E-state index in [-0.39, 0.29) is 5.91 Å². The van der Waals surface area contributed by atoms with Crippen LogP contribution >= 0.6 is 0 Å². The number of H-pyrrole nitrogens is 1. The molecule has 0 unspecified atom stereocenters. The summed E-state index contributed by atoms with van der Waals surface area (Å²) in [5.41, 5.74) is 7.14. The molecule has 4 N–H and O–H groups in total. The number of amides is 1. The van der Waals surface area contributed by atoms with Crippen molar-refractivity contribution >= 4 is 11.7 Å². The fraction of sp³-hybridized carbons (Fsp3) is 0.333. The molecule has 0 aliphatic heterocycles. The molecule has 0 radical (unpaired) electrons. The van der Waals surface area contributed by atoms with Gasteiger partial charge in [-0.15, -0.1) is 0 Å². The van der Waals surface area contributed by atoms with Gasteiger partial charge < -0.3 is 16.0 Å². The van der Waals surface area contributed by atoms with Crippen molar-refractivity contribution in [3.05, 3.63) is 47.7 Å². The van der Waals surface area contributed by atoms with Gasteiger partial charge in [0.2, 0.25) is 0 Å². The molecule has 1 heterocycles. The second kappa shape index (κ2) is 7.44. The number of aromatic nitrogens is 2. The lowest BCUT2D eigenvalue weighted by Crippen LogP contribution is -2.28. The van der Waals surface area contributed by atoms with Crippen molar-refractivity contribution in [3.8, 4) is 0 Å². The van der Waals surface area contributed by atoms with E-state index in [2.05, 4.69) is 39.6 Å². The Morgan fingerprint density at radius 3 is 2.81 bits per heavy atom. The van der Waals surface area contributed by atoms with Gasteiger partial charge in [0.15, 0.2) is 0 Å². The van der Waals surface area contributed by atoms with Gasteiger partial charge in [0.05, 0.1) is 0 Å². The van der Waals surface area contributed by atoms with Gasteiger partial charge in [0, 0.05) is 19.2 Å². The van der Waals surface area contributed by atoms with Crippen LogP contribution in [-0.2, 0) is 6.54 Å². The molecular formula is C15H21N5O. The monoisotopic (exact) mass is 287 g/mol. The number of nitrogens with two attached hydrogens (primary N) is 1. The molecule has 0 bridgehead atoms. The Morgan fingerprint density at radius 1 is 1.38 bits per heavy atom. The third-order valence-corrected chi connectivity index (χ3v) is 3.14. The normalized spacial score (nSPS) is 10.8. The number of nitrogens with zero attached hydrogens (tertiary/aromatic N) is 2. The first kappa shape index (κ1) is 15.1. The van der Waals surface area contributed by atoms with E-state index in [0.717, 1.165) is 19.5 Å². The molecule has 0 spiro atoms. The molecule has 6 heteroatoms. The minimum absolute atomic E-state index is 0.176. The van der Waals surface area contributed by atoms with Crippen molar-refractivity contribution in [1.29, 1.82) is 0 Å². The van der Waals surface area contributed by atoms with E-state index in [0.29, 0.717) is 18.1 Å². The minimum atomic E-state index is -0.176. The number of nitrogen functional groups attached to an aromatic ring is 1. The summed E-state index contributed by atoms with van der Waals surface area (Å²) in [5, 5.41) is 9.15. The summed E-state index contributed by atoms with van der Waals surface area (Å²) >= 11 is 0. The van der Waals surface area contributed by atoms with Crippen LogP contribution in [0.3, 0.4) is 0 Å². The summed E-state index contributed by atoms with van der Waals surface area (Å²) in [4.78, 5) is 14.0. The zero-order valence-electron chi connectivity index (χ0n) is 12.2. The first-order chi connectivity index (χ1) is 10.1. The van der Waals surface area contributed by atoms with Crippen LogP contribution < -0.4 is 11.1 Å². The molecule has 0 fully saturated rings. The number of anilines is 1. The SMILES string of the molecule is CN(CCCNC(=O)c1cc(N)n[nH]1)Cc1ccccc1. The fourth-order valence-electron chi connectivity index (χ4n) is 2.07. The average Bonchev–Trinajstić information content (AvgIpc) is 2.91. The molecule has 1 aromatic carbocycles. The van der Waals surface area contributed by atoms with Gasteiger partial charge >= 0.3 is 0 Å². The molecule has 2 rings (SSSR count). The van der Waals surface area contributed by atoms with Gasteiger partial charge in [-0.05, 0) is 25.6 Å². The van der Waals surface area contributed by atoms with Crippen LogP contribution in [0, 0.1) is 0 Å². The molecule has 6 nitrogen and oxygen atoms in total. The number of benzene rings is 1. The molecule has 0 saturated carbocycles. The predicted molar refractivity (Wildman–Crippen MR) is 82.7 cm³/mol. The Morgan fingerprint density at radius 2 is 2.14 bits per heavy atom. The second-order valence-electron chi connectivity index (χ2n) is 5.04. The van der Waals surface area contributed by atoms with Gasteiger partial charge in [-0.1, -0.05) is 30.3 Å². The largest absolute Gasteiger partial charge is 0.382 e. The van der Waals surface area contributed by atoms with E-state index in [1.807, 2.05) is 18.2 Å². The van der Waals surface area contributed by atoms with E-state index < -0.39 is 0 Å². The van der Waals surface area contributed by atoms with Crippen LogP contribution in [0.5, 0.6) is 0 Å². The molecule has 21 heavy (non-hydrogen) atoms. The van der Waals surface area contributed by atoms with Crippen molar-refractivity contribution in [3.63, 3.8) is 0 Å². The summed E-state index contributed by atoms with van der Waals surface area (Å²) in [7, 11) is 2.07. The van der Waals surface area contributed by atoms with Crippen LogP contribution in [0.15, 0.2) is 36.4 Å². The number of rotatable bonds is 7. The third-order valence-electron chi connectivity index (χ3n) is 3.14. The van der Waals surface area contributed by atoms with E-state index >= 15 is 0 Å². The van der Waals surface area contributed by atoms with Crippen molar-refractivity contribution in [1.82, 2.24) is 20.4 Å². The maximum absolute atomic E-state index is 11.7. The molecular weight excluding hydrogens is 266 g/mol. The maximum Gasteiger partial charge on any atom is 0.269 e. The fourth-order valence-corrected chi connectivity index (χ4v) is 2.07. The number of carbonyl (C=O) groups is 1. The van der Waals surface area contributed by atoms with Crippen LogP contribution in [0.4, 0.5) is 5.82 Å². The minimum Gasteiger partial charge on any atom is -0.382 e. The summed E-state index contributed by atoms with van der Waals surface area (Å²) in [6.45, 7) is 2.45. The van der Waals surface area contributed by atoms with Gasteiger partial charge in [-0.3, -0.25) is 9.89 Å². The van der Waals surface area contributed by atoms with Crippen molar-refractivity contribution in [2.45, 2.75) is 13.0 Å². The summed E-state index contributed by atoms with van der Waals surface area (Å²) in [6.07, 6.45) is 0.888. The number of hydrogen-bond donors (Lipinski definition) is 3. The average molecular weight is 287 g/mol. The van der Waals surface area contributed by atoms with Crippen LogP contribution in [-0.4, -0.2) is 41.1 Å². The molecule has 2 aromatic rings. The van der Waals surface area contributed by atoms with E-state index in [1.165, 1.54) is 11.6 Å². The zero-order valence-corrected chi connectivity index (χ0v) is 12.2. The van der Waals surface area contributed by atoms with E-state index in [1.54, 1.807) is 0 Å². The molecule has 1 amide bonds. The highest BCUT2D eigenvalue weighted by molar-refractivity contribution is 5.92. The highest BCUT2D eigenvalue weighted by atomic mass is 16.1. The van der Waals surface area contributed by atoms with Crippen molar-refractivity contribution in [2.75, 3.05) is 25.9 Å². The lowest BCUT2D eigenvalue weighted by Gasteiger charge is -2.16. The number of carbonyl (C=O) groups excluding carboxylic acids is 1. The topological polar surface area (TPSA) is 87.0 Å². The van der Waals surface area contributed by atoms with E-state index in [4.69, 9.17) is 5.73 Å². The standard InChI is InChI=1S/C15H21N5O/c1-20(11-12-6-3-2-4-7-12)9-5-8-17-15(21)13-10-14(16)19-18-13/h2-4,6-7,10H,5,8-9,11H2,1H3,(H,17,21)(H3,16,18,19). The van der Waals surface area contributed by atoms with Gasteiger partial charge in [0.1, 0.15) is 11.5 Å². The molecule has 0 aliphatic rings. The van der Waals surface area contributed by atoms with E-state index in [9.17, 15) is 4.79 Å². The van der Waals surface area contributed by atoms with Crippen LogP contribution in [0.1, 0.15) is 22.5 Å². The highest BCUT2D eigenvalue weighted by Gasteiger charge is 2.07. The second-order valence-corrected chi connectivity index (χ2v) is 5.04. The lowest BCUT2D eigenvalue weighted by molar-refractivity contribution is 0.0947. The maximum atomic E-state index is 11.7. The Kier molecular flexibility index (Phi) is 5.34. The number of hydrogen-bond acceptors (Lipinski definition) is 4. The Hall–Kier alpha value is -2.34. The zero-order chi connectivity index (χ0) is 15.1. The van der Waals surface area contributed by atoms with Gasteiger partial charge in [0.25, 0.3) is 5.91 Å². The van der Waals surface area contributed by atoms with Crippen molar-refractivity contribution in [2.24, 2.45) is 0 Å². The van der Waals surface area contributed by atoms with Crippen LogP contribution in [0.2, 0.25) is 0 Å². The molecule has 1 aromatic heterocycles. The smallest absolute Gasteiger partial charge is 0.269 e. The van der Waals surface area contributed by atoms with Crippen molar-refractivity contribution < 1.29 is 4.79 Å². The van der Waals surface area contributed by atoms with Crippen LogP contribution in [0.25, 0.3) is 0 Å². The lowest BCUT2D eigenvalue weighted by atomic mass is 10.2. The number of aromatic amines is 1. The quantitative estimate of drug-likeness (QED) is 0.669. The Balaban J connectivity index is 1.64. The third kappa shape index (κ3) is 4.92. The predicted octanol–water partition coefficient (Wildman–Crippen LogP) is 1.24.